The summed E-state index contributed by atoms with van der Waals surface area (Å²) in [6, 6.07) is 0. The van der Waals surface area contributed by atoms with Gasteiger partial charge in [0.05, 0.1) is 4.08 Å². The van der Waals surface area contributed by atoms with E-state index >= 15 is 0 Å². The number of ether oxygens (including phenoxy) is 2. The third kappa shape index (κ3) is 15.9. The Morgan fingerprint density at radius 2 is 1.28 bits per heavy atom. The Hall–Kier alpha value is 0.1000. The summed E-state index contributed by atoms with van der Waals surface area (Å²) in [5, 5.41) is 0. The maximum absolute atomic E-state index is 5.88. The molecule has 1 fully saturated rings. The van der Waals surface area contributed by atoms with Crippen molar-refractivity contribution >= 4 is 23.5 Å². The molecule has 0 radical (unpaired) electrons. The van der Waals surface area contributed by atoms with Crippen molar-refractivity contribution in [3.8, 4) is 0 Å². The predicted molar refractivity (Wildman–Crippen MR) is 148 cm³/mol. The molecular weight excluding hydrogens is 432 g/mol. The van der Waals surface area contributed by atoms with Gasteiger partial charge in [-0.1, -0.05) is 76.2 Å². The minimum atomic E-state index is -0.0345. The van der Waals surface area contributed by atoms with Crippen LogP contribution in [0.4, 0.5) is 0 Å². The second kappa shape index (κ2) is 21.6. The summed E-state index contributed by atoms with van der Waals surface area (Å²) in [6.07, 6.45) is 28.9. The van der Waals surface area contributed by atoms with Gasteiger partial charge in [0.2, 0.25) is 0 Å². The van der Waals surface area contributed by atoms with E-state index in [9.17, 15) is 0 Å². The first-order valence-corrected chi connectivity index (χ1v) is 15.5. The second-order valence-corrected chi connectivity index (χ2v) is 12.1. The third-order valence-corrected chi connectivity index (χ3v) is 9.45. The highest BCUT2D eigenvalue weighted by Crippen LogP contribution is 2.49. The fraction of sp³-hybridized carbons (Fsp3) is 0.857. The van der Waals surface area contributed by atoms with E-state index in [1.807, 2.05) is 0 Å². The van der Waals surface area contributed by atoms with Crippen molar-refractivity contribution in [3.05, 3.63) is 24.3 Å². The van der Waals surface area contributed by atoms with Crippen LogP contribution < -0.4 is 0 Å². The van der Waals surface area contributed by atoms with E-state index in [-0.39, 0.29) is 6.29 Å². The van der Waals surface area contributed by atoms with Crippen molar-refractivity contribution in [2.24, 2.45) is 0 Å². The number of hydrogen-bond acceptors (Lipinski definition) is 4. The molecule has 0 N–H and O–H groups in total. The molecule has 0 unspecified atom stereocenters. The highest BCUT2D eigenvalue weighted by molar-refractivity contribution is 8.18. The Morgan fingerprint density at radius 1 is 0.719 bits per heavy atom. The summed E-state index contributed by atoms with van der Waals surface area (Å²) in [7, 11) is 0. The first-order valence-electron chi connectivity index (χ1n) is 13.6. The lowest BCUT2D eigenvalue weighted by Crippen LogP contribution is -2.33. The van der Waals surface area contributed by atoms with Gasteiger partial charge in [0.15, 0.2) is 6.29 Å². The number of hydrogen-bond donors (Lipinski definition) is 0. The van der Waals surface area contributed by atoms with Crippen molar-refractivity contribution in [2.75, 3.05) is 24.7 Å². The molecule has 0 aromatic rings. The molecule has 0 aliphatic carbocycles. The van der Waals surface area contributed by atoms with E-state index in [2.05, 4.69) is 68.6 Å². The van der Waals surface area contributed by atoms with E-state index in [4.69, 9.17) is 9.47 Å². The average Bonchev–Trinajstić information content (AvgIpc) is 2.80. The Balaban J connectivity index is 2.10. The molecule has 0 saturated carbocycles. The van der Waals surface area contributed by atoms with Crippen molar-refractivity contribution in [2.45, 2.75) is 127 Å². The van der Waals surface area contributed by atoms with Crippen LogP contribution in [0.25, 0.3) is 0 Å². The molecule has 188 valence electrons. The van der Waals surface area contributed by atoms with Crippen molar-refractivity contribution < 1.29 is 9.47 Å². The van der Waals surface area contributed by atoms with E-state index in [0.717, 1.165) is 26.1 Å². The zero-order valence-electron chi connectivity index (χ0n) is 21.5. The third-order valence-electron chi connectivity index (χ3n) is 5.96. The lowest BCUT2D eigenvalue weighted by atomic mass is 10.1. The summed E-state index contributed by atoms with van der Waals surface area (Å²) >= 11 is 4.34. The van der Waals surface area contributed by atoms with Crippen molar-refractivity contribution in [3.63, 3.8) is 0 Å². The van der Waals surface area contributed by atoms with E-state index in [0.29, 0.717) is 4.08 Å². The van der Waals surface area contributed by atoms with Crippen molar-refractivity contribution in [1.82, 2.24) is 0 Å². The molecule has 1 rings (SSSR count). The summed E-state index contributed by atoms with van der Waals surface area (Å²) in [6.45, 7) is 7.88. The lowest BCUT2D eigenvalue weighted by molar-refractivity contribution is -0.140. The van der Waals surface area contributed by atoms with Crippen LogP contribution in [-0.4, -0.2) is 35.1 Å². The van der Waals surface area contributed by atoms with Crippen molar-refractivity contribution in [1.29, 1.82) is 0 Å². The summed E-state index contributed by atoms with van der Waals surface area (Å²) in [4.78, 5) is 0. The molecule has 1 heterocycles. The molecule has 0 aromatic carbocycles. The molecule has 0 aromatic heterocycles. The molecule has 1 aliphatic heterocycles. The molecule has 0 atom stereocenters. The number of rotatable bonds is 21. The first kappa shape index (κ1) is 30.1. The summed E-state index contributed by atoms with van der Waals surface area (Å²) in [5.74, 6) is 2.58. The lowest BCUT2D eigenvalue weighted by Gasteiger charge is -2.38. The quantitative estimate of drug-likeness (QED) is 0.0916. The van der Waals surface area contributed by atoms with Gasteiger partial charge >= 0.3 is 0 Å². The van der Waals surface area contributed by atoms with Crippen LogP contribution in [0.5, 0.6) is 0 Å². The molecule has 4 heteroatoms. The number of thioether (sulfide) groups is 2. The van der Waals surface area contributed by atoms with E-state index in [1.165, 1.54) is 95.0 Å². The predicted octanol–water partition coefficient (Wildman–Crippen LogP) is 9.55. The zero-order chi connectivity index (χ0) is 23.2. The molecular formula is C28H52O2S2. The minimum absolute atomic E-state index is 0.0345. The average molecular weight is 485 g/mol. The topological polar surface area (TPSA) is 18.5 Å². The molecule has 0 spiro atoms. The van der Waals surface area contributed by atoms with Gasteiger partial charge in [0, 0.05) is 19.6 Å². The number of allylic oxidation sites excluding steroid dienone is 4. The smallest absolute Gasteiger partial charge is 0.159 e. The van der Waals surface area contributed by atoms with Gasteiger partial charge in [0.25, 0.3) is 0 Å². The normalized spacial score (nSPS) is 16.6. The molecule has 32 heavy (non-hydrogen) atoms. The Kier molecular flexibility index (Phi) is 20.4. The minimum Gasteiger partial charge on any atom is -0.353 e. The molecule has 0 bridgehead atoms. The largest absolute Gasteiger partial charge is 0.353 e. The maximum Gasteiger partial charge on any atom is 0.159 e. The Bertz CT molecular complexity index is 452. The number of unbranched alkanes of at least 4 members (excludes halogenated alkanes) is 9. The van der Waals surface area contributed by atoms with Gasteiger partial charge in [-0.05, 0) is 70.3 Å². The standard InChI is InChI=1S/C28H52O2S2/c1-4-7-8-9-10-11-12-13-14-15-16-17-18-19-20-21-23-28(31-24-22-25-32-28)26-27(29-5-2)30-6-3/h10-11,13-14,27H,4-9,12,15-26H2,1-3H3/b11-10-,14-13-. The first-order chi connectivity index (χ1) is 15.8. The van der Waals surface area contributed by atoms with Crippen LogP contribution in [0.1, 0.15) is 117 Å². The molecule has 1 aliphatic rings. The second-order valence-electron chi connectivity index (χ2n) is 8.84. The van der Waals surface area contributed by atoms with Crippen LogP contribution in [-0.2, 0) is 9.47 Å². The zero-order valence-corrected chi connectivity index (χ0v) is 23.1. The highest BCUT2D eigenvalue weighted by Gasteiger charge is 2.36. The fourth-order valence-electron chi connectivity index (χ4n) is 4.16. The fourth-order valence-corrected chi connectivity index (χ4v) is 7.58. The van der Waals surface area contributed by atoms with E-state index in [1.54, 1.807) is 0 Å². The highest BCUT2D eigenvalue weighted by atomic mass is 32.2. The van der Waals surface area contributed by atoms with Gasteiger partial charge in [-0.2, -0.15) is 0 Å². The maximum atomic E-state index is 5.88. The van der Waals surface area contributed by atoms with E-state index < -0.39 is 0 Å². The SMILES string of the molecule is CCCCC/C=C\C/C=C\CCCCCCCCC1(CC(OCC)OCC)SCCCS1. The summed E-state index contributed by atoms with van der Waals surface area (Å²) in [5.41, 5.74) is 0. The van der Waals surface area contributed by atoms with Crippen LogP contribution >= 0.6 is 23.5 Å². The van der Waals surface area contributed by atoms with Gasteiger partial charge in [0.1, 0.15) is 0 Å². The van der Waals surface area contributed by atoms with Gasteiger partial charge < -0.3 is 9.47 Å². The van der Waals surface area contributed by atoms with Crippen LogP contribution in [0.15, 0.2) is 24.3 Å². The van der Waals surface area contributed by atoms with Gasteiger partial charge in [-0.25, -0.2) is 0 Å². The Labute approximate surface area is 209 Å². The monoisotopic (exact) mass is 484 g/mol. The van der Waals surface area contributed by atoms with Gasteiger partial charge in [-0.15, -0.1) is 23.5 Å². The van der Waals surface area contributed by atoms with Crippen LogP contribution in [0, 0.1) is 0 Å². The molecule has 2 nitrogen and oxygen atoms in total. The van der Waals surface area contributed by atoms with Gasteiger partial charge in [-0.3, -0.25) is 0 Å². The molecule has 1 saturated heterocycles. The Morgan fingerprint density at radius 3 is 1.88 bits per heavy atom. The van der Waals surface area contributed by atoms with Crippen LogP contribution in [0.2, 0.25) is 0 Å². The van der Waals surface area contributed by atoms with Crippen LogP contribution in [0.3, 0.4) is 0 Å². The summed E-state index contributed by atoms with van der Waals surface area (Å²) < 4.78 is 12.1. The molecule has 0 amide bonds.